The largest absolute Gasteiger partial charge is 0.381 e. The highest BCUT2D eigenvalue weighted by Crippen LogP contribution is 2.29. The van der Waals surface area contributed by atoms with Gasteiger partial charge in [-0.3, -0.25) is 9.59 Å². The summed E-state index contributed by atoms with van der Waals surface area (Å²) >= 11 is 0. The number of anilines is 1. The number of benzene rings is 1. The number of halogens is 1. The normalized spacial score (nSPS) is 16.8. The number of ether oxygens (including phenoxy) is 1. The van der Waals surface area contributed by atoms with Gasteiger partial charge in [0.05, 0.1) is 12.0 Å². The third kappa shape index (κ3) is 4.02. The molecule has 0 aromatic heterocycles. The SMILES string of the molecule is NCC1(C(=O)NCC(=O)Nc2ccc(F)cc2)CCOCC1. The maximum absolute atomic E-state index is 12.8. The van der Waals surface area contributed by atoms with Crippen molar-refractivity contribution in [1.29, 1.82) is 0 Å². The first-order chi connectivity index (χ1) is 10.6. The summed E-state index contributed by atoms with van der Waals surface area (Å²) in [6.07, 6.45) is 1.10. The maximum atomic E-state index is 12.8. The predicted molar refractivity (Wildman–Crippen MR) is 79.6 cm³/mol. The van der Waals surface area contributed by atoms with Gasteiger partial charge in [0.1, 0.15) is 5.82 Å². The van der Waals surface area contributed by atoms with Crippen molar-refractivity contribution in [3.8, 4) is 0 Å². The number of hydrogen-bond acceptors (Lipinski definition) is 4. The van der Waals surface area contributed by atoms with Gasteiger partial charge in [-0.15, -0.1) is 0 Å². The maximum Gasteiger partial charge on any atom is 0.243 e. The molecule has 1 aromatic rings. The van der Waals surface area contributed by atoms with E-state index in [-0.39, 0.29) is 30.7 Å². The Bertz CT molecular complexity index is 527. The Morgan fingerprint density at radius 3 is 2.45 bits per heavy atom. The van der Waals surface area contributed by atoms with Gasteiger partial charge in [0.15, 0.2) is 0 Å². The number of carbonyl (C=O) groups is 2. The lowest BCUT2D eigenvalue weighted by Crippen LogP contribution is -2.50. The zero-order chi connectivity index (χ0) is 16.0. The molecular weight excluding hydrogens is 289 g/mol. The van der Waals surface area contributed by atoms with Gasteiger partial charge in [-0.05, 0) is 37.1 Å². The fourth-order valence-electron chi connectivity index (χ4n) is 2.37. The molecule has 120 valence electrons. The molecule has 1 aliphatic rings. The number of amides is 2. The highest BCUT2D eigenvalue weighted by molar-refractivity contribution is 5.95. The monoisotopic (exact) mass is 309 g/mol. The van der Waals surface area contributed by atoms with Crippen LogP contribution in [0.5, 0.6) is 0 Å². The highest BCUT2D eigenvalue weighted by Gasteiger charge is 2.38. The molecule has 0 unspecified atom stereocenters. The van der Waals surface area contributed by atoms with E-state index in [1.54, 1.807) is 0 Å². The minimum absolute atomic E-state index is 0.154. The summed E-state index contributed by atoms with van der Waals surface area (Å²) in [6, 6.07) is 5.41. The molecule has 0 atom stereocenters. The first-order valence-electron chi connectivity index (χ1n) is 7.17. The third-order valence-electron chi connectivity index (χ3n) is 3.86. The summed E-state index contributed by atoms with van der Waals surface area (Å²) < 4.78 is 18.0. The van der Waals surface area contributed by atoms with Crippen LogP contribution in [0.4, 0.5) is 10.1 Å². The van der Waals surface area contributed by atoms with E-state index in [1.807, 2.05) is 0 Å². The topological polar surface area (TPSA) is 93.5 Å². The Labute approximate surface area is 128 Å². The Morgan fingerprint density at radius 1 is 1.23 bits per heavy atom. The third-order valence-corrected chi connectivity index (χ3v) is 3.86. The van der Waals surface area contributed by atoms with Gasteiger partial charge in [0.25, 0.3) is 0 Å². The Morgan fingerprint density at radius 2 is 1.86 bits per heavy atom. The molecule has 0 saturated carbocycles. The fourth-order valence-corrected chi connectivity index (χ4v) is 2.37. The molecule has 6 nitrogen and oxygen atoms in total. The van der Waals surface area contributed by atoms with Gasteiger partial charge in [0.2, 0.25) is 11.8 Å². The number of carbonyl (C=O) groups excluding carboxylic acids is 2. The van der Waals surface area contributed by atoms with Crippen molar-refractivity contribution >= 4 is 17.5 Å². The van der Waals surface area contributed by atoms with E-state index in [0.29, 0.717) is 31.7 Å². The van der Waals surface area contributed by atoms with E-state index in [9.17, 15) is 14.0 Å². The van der Waals surface area contributed by atoms with Gasteiger partial charge >= 0.3 is 0 Å². The number of rotatable bonds is 5. The van der Waals surface area contributed by atoms with Crippen molar-refractivity contribution in [1.82, 2.24) is 5.32 Å². The molecule has 0 aliphatic carbocycles. The standard InChI is InChI=1S/C15H20FN3O3/c16-11-1-3-12(4-2-11)19-13(20)9-18-14(21)15(10-17)5-7-22-8-6-15/h1-4H,5-10,17H2,(H,18,21)(H,19,20). The molecule has 1 fully saturated rings. The van der Waals surface area contributed by atoms with Crippen molar-refractivity contribution < 1.29 is 18.7 Å². The lowest BCUT2D eigenvalue weighted by Gasteiger charge is -2.34. The van der Waals surface area contributed by atoms with E-state index in [4.69, 9.17) is 10.5 Å². The molecule has 7 heteroatoms. The molecule has 22 heavy (non-hydrogen) atoms. The molecule has 0 bridgehead atoms. The van der Waals surface area contributed by atoms with Crippen LogP contribution < -0.4 is 16.4 Å². The van der Waals surface area contributed by atoms with E-state index in [1.165, 1.54) is 24.3 Å². The Balaban J connectivity index is 1.84. The summed E-state index contributed by atoms with van der Waals surface area (Å²) in [4.78, 5) is 24.1. The van der Waals surface area contributed by atoms with Crippen molar-refractivity contribution in [3.63, 3.8) is 0 Å². The molecule has 4 N–H and O–H groups in total. The lowest BCUT2D eigenvalue weighted by atomic mass is 9.79. The molecule has 0 radical (unpaired) electrons. The second-order valence-electron chi connectivity index (χ2n) is 5.33. The summed E-state index contributed by atoms with van der Waals surface area (Å²) in [7, 11) is 0. The molecule has 1 aromatic carbocycles. The smallest absolute Gasteiger partial charge is 0.243 e. The van der Waals surface area contributed by atoms with Crippen LogP contribution >= 0.6 is 0 Å². The van der Waals surface area contributed by atoms with Crippen LogP contribution in [0.25, 0.3) is 0 Å². The van der Waals surface area contributed by atoms with Crippen LogP contribution in [0.3, 0.4) is 0 Å². The van der Waals surface area contributed by atoms with Gasteiger partial charge in [-0.2, -0.15) is 0 Å². The molecule has 1 heterocycles. The second kappa shape index (κ2) is 7.33. The van der Waals surface area contributed by atoms with Crippen LogP contribution in [-0.2, 0) is 14.3 Å². The summed E-state index contributed by atoms with van der Waals surface area (Å²) in [5, 5.41) is 5.20. The van der Waals surface area contributed by atoms with Crippen LogP contribution in [0.1, 0.15) is 12.8 Å². The average Bonchev–Trinajstić information content (AvgIpc) is 2.55. The molecule has 0 spiro atoms. The molecule has 2 amide bonds. The number of hydrogen-bond donors (Lipinski definition) is 3. The zero-order valence-electron chi connectivity index (χ0n) is 12.2. The summed E-state index contributed by atoms with van der Waals surface area (Å²) in [5.74, 6) is -0.984. The van der Waals surface area contributed by atoms with Gasteiger partial charge in [-0.1, -0.05) is 0 Å². The minimum atomic E-state index is -0.658. The van der Waals surface area contributed by atoms with Crippen LogP contribution in [-0.4, -0.2) is 38.1 Å². The summed E-state index contributed by atoms with van der Waals surface area (Å²) in [6.45, 7) is 1.05. The highest BCUT2D eigenvalue weighted by atomic mass is 19.1. The Kier molecular flexibility index (Phi) is 5.46. The van der Waals surface area contributed by atoms with E-state index in [2.05, 4.69) is 10.6 Å². The number of nitrogens with two attached hydrogens (primary N) is 1. The quantitative estimate of drug-likeness (QED) is 0.744. The van der Waals surface area contributed by atoms with Crippen LogP contribution in [0.15, 0.2) is 24.3 Å². The predicted octanol–water partition coefficient (Wildman–Crippen LogP) is 0.636. The van der Waals surface area contributed by atoms with Crippen molar-refractivity contribution in [2.24, 2.45) is 11.1 Å². The number of nitrogens with one attached hydrogen (secondary N) is 2. The average molecular weight is 309 g/mol. The Hall–Kier alpha value is -1.99. The van der Waals surface area contributed by atoms with Gasteiger partial charge < -0.3 is 21.1 Å². The fraction of sp³-hybridized carbons (Fsp3) is 0.467. The van der Waals surface area contributed by atoms with Crippen LogP contribution in [0, 0.1) is 11.2 Å². The van der Waals surface area contributed by atoms with E-state index >= 15 is 0 Å². The molecule has 2 rings (SSSR count). The summed E-state index contributed by atoms with van der Waals surface area (Å²) in [5.41, 5.74) is 5.54. The molecular formula is C15H20FN3O3. The van der Waals surface area contributed by atoms with Crippen molar-refractivity contribution in [2.75, 3.05) is 31.6 Å². The van der Waals surface area contributed by atoms with Crippen molar-refractivity contribution in [3.05, 3.63) is 30.1 Å². The second-order valence-corrected chi connectivity index (χ2v) is 5.33. The molecule has 1 saturated heterocycles. The van der Waals surface area contributed by atoms with Gasteiger partial charge in [0, 0.05) is 25.4 Å². The van der Waals surface area contributed by atoms with Crippen LogP contribution in [0.2, 0.25) is 0 Å². The van der Waals surface area contributed by atoms with Gasteiger partial charge in [-0.25, -0.2) is 4.39 Å². The van der Waals surface area contributed by atoms with Crippen molar-refractivity contribution in [2.45, 2.75) is 12.8 Å². The molecule has 1 aliphatic heterocycles. The zero-order valence-corrected chi connectivity index (χ0v) is 12.2. The lowest BCUT2D eigenvalue weighted by molar-refractivity contribution is -0.137. The first kappa shape index (κ1) is 16.4. The van der Waals surface area contributed by atoms with E-state index < -0.39 is 5.41 Å². The van der Waals surface area contributed by atoms with E-state index in [0.717, 1.165) is 0 Å². The first-order valence-corrected chi connectivity index (χ1v) is 7.17. The minimum Gasteiger partial charge on any atom is -0.381 e.